The highest BCUT2D eigenvalue weighted by molar-refractivity contribution is 5.96. The molecular weight excluding hydrogens is 228 g/mol. The summed E-state index contributed by atoms with van der Waals surface area (Å²) < 4.78 is 5.20. The summed E-state index contributed by atoms with van der Waals surface area (Å²) in [4.78, 5) is 12.0. The number of carbonyl (C=O) groups is 1. The van der Waals surface area contributed by atoms with Gasteiger partial charge in [-0.25, -0.2) is 4.79 Å². The van der Waals surface area contributed by atoms with Crippen LogP contribution in [0.1, 0.15) is 38.1 Å². The van der Waals surface area contributed by atoms with Gasteiger partial charge in [0.15, 0.2) is 0 Å². The second kappa shape index (κ2) is 6.28. The zero-order valence-corrected chi connectivity index (χ0v) is 11.5. The normalized spacial score (nSPS) is 10.8. The predicted molar refractivity (Wildman–Crippen MR) is 74.7 cm³/mol. The summed E-state index contributed by atoms with van der Waals surface area (Å²) in [6.45, 7) is 8.66. The number of esters is 1. The SMILES string of the molecule is CC(C)CNc1ccc(N)cc1C(=O)OC(C)C. The van der Waals surface area contributed by atoms with Crippen LogP contribution >= 0.6 is 0 Å². The van der Waals surface area contributed by atoms with Gasteiger partial charge in [-0.15, -0.1) is 0 Å². The van der Waals surface area contributed by atoms with Gasteiger partial charge >= 0.3 is 5.97 Å². The van der Waals surface area contributed by atoms with Crippen molar-refractivity contribution >= 4 is 17.3 Å². The minimum absolute atomic E-state index is 0.142. The topological polar surface area (TPSA) is 64.3 Å². The van der Waals surface area contributed by atoms with E-state index in [0.717, 1.165) is 12.2 Å². The van der Waals surface area contributed by atoms with Crippen LogP contribution in [0.2, 0.25) is 0 Å². The molecule has 0 aliphatic rings. The average molecular weight is 250 g/mol. The van der Waals surface area contributed by atoms with Gasteiger partial charge in [0, 0.05) is 17.9 Å². The monoisotopic (exact) mass is 250 g/mol. The van der Waals surface area contributed by atoms with Gasteiger partial charge in [-0.2, -0.15) is 0 Å². The van der Waals surface area contributed by atoms with Crippen molar-refractivity contribution in [2.24, 2.45) is 5.92 Å². The third kappa shape index (κ3) is 4.28. The van der Waals surface area contributed by atoms with Gasteiger partial charge in [-0.3, -0.25) is 0 Å². The fourth-order valence-corrected chi connectivity index (χ4v) is 1.48. The molecule has 0 amide bonds. The third-order valence-electron chi connectivity index (χ3n) is 2.31. The number of ether oxygens (including phenoxy) is 1. The van der Waals surface area contributed by atoms with Crippen molar-refractivity contribution in [1.82, 2.24) is 0 Å². The van der Waals surface area contributed by atoms with Crippen molar-refractivity contribution in [1.29, 1.82) is 0 Å². The minimum atomic E-state index is -0.344. The summed E-state index contributed by atoms with van der Waals surface area (Å²) in [6, 6.07) is 5.23. The molecule has 4 nitrogen and oxygen atoms in total. The molecule has 0 unspecified atom stereocenters. The number of carbonyl (C=O) groups excluding carboxylic acids is 1. The number of rotatable bonds is 5. The molecule has 0 radical (unpaired) electrons. The van der Waals surface area contributed by atoms with Crippen LogP contribution in [0.15, 0.2) is 18.2 Å². The summed E-state index contributed by atoms with van der Waals surface area (Å²) in [6.07, 6.45) is -0.142. The van der Waals surface area contributed by atoms with Crippen LogP contribution in [0.3, 0.4) is 0 Å². The molecule has 0 spiro atoms. The van der Waals surface area contributed by atoms with E-state index in [0.29, 0.717) is 17.2 Å². The van der Waals surface area contributed by atoms with E-state index in [1.54, 1.807) is 12.1 Å². The molecule has 100 valence electrons. The molecule has 0 aromatic heterocycles. The van der Waals surface area contributed by atoms with Crippen LogP contribution in [0.25, 0.3) is 0 Å². The van der Waals surface area contributed by atoms with Gasteiger partial charge in [0.1, 0.15) is 0 Å². The summed E-state index contributed by atoms with van der Waals surface area (Å²) in [7, 11) is 0. The molecule has 0 saturated carbocycles. The van der Waals surface area contributed by atoms with Crippen molar-refractivity contribution in [3.05, 3.63) is 23.8 Å². The number of nitrogens with two attached hydrogens (primary N) is 1. The van der Waals surface area contributed by atoms with Crippen molar-refractivity contribution in [2.45, 2.75) is 33.8 Å². The lowest BCUT2D eigenvalue weighted by atomic mass is 10.1. The van der Waals surface area contributed by atoms with Crippen LogP contribution < -0.4 is 11.1 Å². The molecule has 3 N–H and O–H groups in total. The number of benzene rings is 1. The molecule has 0 fully saturated rings. The Morgan fingerprint density at radius 1 is 1.33 bits per heavy atom. The zero-order valence-electron chi connectivity index (χ0n) is 11.5. The molecule has 0 heterocycles. The van der Waals surface area contributed by atoms with E-state index in [4.69, 9.17) is 10.5 Å². The summed E-state index contributed by atoms with van der Waals surface area (Å²) in [5, 5.41) is 3.24. The van der Waals surface area contributed by atoms with Crippen LogP contribution in [0, 0.1) is 5.92 Å². The largest absolute Gasteiger partial charge is 0.459 e. The van der Waals surface area contributed by atoms with Gasteiger partial charge in [0.25, 0.3) is 0 Å². The highest BCUT2D eigenvalue weighted by atomic mass is 16.5. The molecule has 4 heteroatoms. The zero-order chi connectivity index (χ0) is 13.7. The maximum absolute atomic E-state index is 12.0. The van der Waals surface area contributed by atoms with Crippen LogP contribution in [-0.4, -0.2) is 18.6 Å². The quantitative estimate of drug-likeness (QED) is 0.623. The molecule has 0 aliphatic heterocycles. The standard InChI is InChI=1S/C14H22N2O2/c1-9(2)8-16-13-6-5-11(15)7-12(13)14(17)18-10(3)4/h5-7,9-10,16H,8,15H2,1-4H3. The Morgan fingerprint density at radius 2 is 2.00 bits per heavy atom. The first kappa shape index (κ1) is 14.4. The fourth-order valence-electron chi connectivity index (χ4n) is 1.48. The first-order chi connectivity index (χ1) is 8.40. The van der Waals surface area contributed by atoms with Crippen LogP contribution in [0.5, 0.6) is 0 Å². The fraction of sp³-hybridized carbons (Fsp3) is 0.500. The number of anilines is 2. The summed E-state index contributed by atoms with van der Waals surface area (Å²) >= 11 is 0. The second-order valence-corrected chi connectivity index (χ2v) is 5.03. The van der Waals surface area contributed by atoms with E-state index in [-0.39, 0.29) is 12.1 Å². The van der Waals surface area contributed by atoms with Crippen LogP contribution in [0.4, 0.5) is 11.4 Å². The first-order valence-electron chi connectivity index (χ1n) is 6.24. The van der Waals surface area contributed by atoms with E-state index in [2.05, 4.69) is 19.2 Å². The second-order valence-electron chi connectivity index (χ2n) is 5.03. The maximum atomic E-state index is 12.0. The Kier molecular flexibility index (Phi) is 5.01. The Hall–Kier alpha value is -1.71. The van der Waals surface area contributed by atoms with Crippen LogP contribution in [-0.2, 0) is 4.74 Å². The number of hydrogen-bond acceptors (Lipinski definition) is 4. The maximum Gasteiger partial charge on any atom is 0.340 e. The molecule has 1 aromatic rings. The van der Waals surface area contributed by atoms with Gasteiger partial charge in [-0.05, 0) is 38.0 Å². The Labute approximate surface area is 109 Å². The lowest BCUT2D eigenvalue weighted by Crippen LogP contribution is -2.16. The van der Waals surface area contributed by atoms with E-state index in [1.807, 2.05) is 19.9 Å². The highest BCUT2D eigenvalue weighted by Crippen LogP contribution is 2.21. The minimum Gasteiger partial charge on any atom is -0.459 e. The van der Waals surface area contributed by atoms with E-state index in [9.17, 15) is 4.79 Å². The van der Waals surface area contributed by atoms with Crippen molar-refractivity contribution in [3.8, 4) is 0 Å². The first-order valence-corrected chi connectivity index (χ1v) is 6.24. The van der Waals surface area contributed by atoms with Crippen molar-refractivity contribution < 1.29 is 9.53 Å². The van der Waals surface area contributed by atoms with E-state index >= 15 is 0 Å². The summed E-state index contributed by atoms with van der Waals surface area (Å²) in [5.74, 6) is 0.153. The van der Waals surface area contributed by atoms with Crippen molar-refractivity contribution in [3.63, 3.8) is 0 Å². The Morgan fingerprint density at radius 3 is 2.56 bits per heavy atom. The highest BCUT2D eigenvalue weighted by Gasteiger charge is 2.14. The lowest BCUT2D eigenvalue weighted by molar-refractivity contribution is 0.0379. The molecule has 1 rings (SSSR count). The molecule has 0 saturated heterocycles. The third-order valence-corrected chi connectivity index (χ3v) is 2.31. The predicted octanol–water partition coefficient (Wildman–Crippen LogP) is 2.90. The van der Waals surface area contributed by atoms with Gasteiger partial charge in [-0.1, -0.05) is 13.8 Å². The molecule has 0 aliphatic carbocycles. The van der Waals surface area contributed by atoms with Gasteiger partial charge < -0.3 is 15.8 Å². The Balaban J connectivity index is 2.92. The smallest absolute Gasteiger partial charge is 0.340 e. The molecule has 0 bridgehead atoms. The van der Waals surface area contributed by atoms with E-state index in [1.165, 1.54) is 0 Å². The molecular formula is C14H22N2O2. The van der Waals surface area contributed by atoms with Gasteiger partial charge in [0.2, 0.25) is 0 Å². The number of nitrogens with one attached hydrogen (secondary N) is 1. The lowest BCUT2D eigenvalue weighted by Gasteiger charge is -2.15. The molecule has 0 atom stereocenters. The average Bonchev–Trinajstić information content (AvgIpc) is 2.26. The Bertz CT molecular complexity index is 414. The number of hydrogen-bond donors (Lipinski definition) is 2. The summed E-state index contributed by atoms with van der Waals surface area (Å²) in [5.41, 5.74) is 7.53. The van der Waals surface area contributed by atoms with Gasteiger partial charge in [0.05, 0.1) is 11.7 Å². The number of nitrogen functional groups attached to an aromatic ring is 1. The molecule has 1 aromatic carbocycles. The van der Waals surface area contributed by atoms with E-state index < -0.39 is 0 Å². The molecule has 18 heavy (non-hydrogen) atoms. The van der Waals surface area contributed by atoms with Crippen molar-refractivity contribution in [2.75, 3.05) is 17.6 Å².